The van der Waals surface area contributed by atoms with E-state index in [-0.39, 0.29) is 11.6 Å². The SMILES string of the molecule is CC1(C)OC2C(CO)OC(n3cc(Cl)c(=O)[nH]c3=O)C2O1. The summed E-state index contributed by atoms with van der Waals surface area (Å²) >= 11 is 5.75. The Labute approximate surface area is 124 Å². The van der Waals surface area contributed by atoms with Gasteiger partial charge in [-0.05, 0) is 13.8 Å². The number of hydrogen-bond donors (Lipinski definition) is 2. The summed E-state index contributed by atoms with van der Waals surface area (Å²) in [6.45, 7) is 3.20. The van der Waals surface area contributed by atoms with Gasteiger partial charge in [0, 0.05) is 6.20 Å². The highest BCUT2D eigenvalue weighted by molar-refractivity contribution is 6.30. The number of nitrogens with zero attached hydrogens (tertiary/aromatic N) is 1. The van der Waals surface area contributed by atoms with Crippen LogP contribution in [0.15, 0.2) is 15.8 Å². The maximum atomic E-state index is 11.9. The summed E-state index contributed by atoms with van der Waals surface area (Å²) in [7, 11) is 0. The van der Waals surface area contributed by atoms with Crippen LogP contribution in [0.25, 0.3) is 0 Å². The van der Waals surface area contributed by atoms with Crippen LogP contribution in [-0.2, 0) is 14.2 Å². The van der Waals surface area contributed by atoms with Gasteiger partial charge in [-0.15, -0.1) is 0 Å². The van der Waals surface area contributed by atoms with Crippen LogP contribution in [0.5, 0.6) is 0 Å². The molecule has 0 amide bonds. The van der Waals surface area contributed by atoms with Gasteiger partial charge < -0.3 is 19.3 Å². The number of aliphatic hydroxyl groups is 1. The van der Waals surface area contributed by atoms with Crippen LogP contribution in [-0.4, -0.2) is 45.4 Å². The highest BCUT2D eigenvalue weighted by Gasteiger charge is 2.55. The van der Waals surface area contributed by atoms with E-state index in [0.29, 0.717) is 0 Å². The van der Waals surface area contributed by atoms with E-state index >= 15 is 0 Å². The topological polar surface area (TPSA) is 103 Å². The Kier molecular flexibility index (Phi) is 3.45. The van der Waals surface area contributed by atoms with Gasteiger partial charge in [-0.25, -0.2) is 4.79 Å². The number of aromatic amines is 1. The van der Waals surface area contributed by atoms with E-state index in [1.807, 2.05) is 0 Å². The average Bonchev–Trinajstić information content (AvgIpc) is 2.87. The third kappa shape index (κ3) is 2.43. The van der Waals surface area contributed by atoms with Crippen LogP contribution in [0, 0.1) is 0 Å². The molecule has 0 spiro atoms. The molecule has 21 heavy (non-hydrogen) atoms. The minimum Gasteiger partial charge on any atom is -0.394 e. The van der Waals surface area contributed by atoms with Crippen molar-refractivity contribution >= 4 is 11.6 Å². The van der Waals surface area contributed by atoms with Gasteiger partial charge in [-0.3, -0.25) is 14.3 Å². The summed E-state index contributed by atoms with van der Waals surface area (Å²) < 4.78 is 18.2. The van der Waals surface area contributed by atoms with Crippen molar-refractivity contribution in [1.82, 2.24) is 9.55 Å². The van der Waals surface area contributed by atoms with E-state index in [2.05, 4.69) is 4.98 Å². The van der Waals surface area contributed by atoms with E-state index in [0.717, 1.165) is 4.57 Å². The number of nitrogens with one attached hydrogen (secondary N) is 1. The molecule has 0 saturated carbocycles. The van der Waals surface area contributed by atoms with E-state index in [9.17, 15) is 14.7 Å². The molecule has 1 aromatic heterocycles. The molecule has 3 rings (SSSR count). The molecule has 0 bridgehead atoms. The number of aliphatic hydroxyl groups excluding tert-OH is 1. The van der Waals surface area contributed by atoms with E-state index in [1.165, 1.54) is 6.20 Å². The minimum absolute atomic E-state index is 0.139. The average molecular weight is 319 g/mol. The number of rotatable bonds is 2. The molecule has 4 unspecified atom stereocenters. The third-order valence-corrected chi connectivity index (χ3v) is 3.77. The minimum atomic E-state index is -0.847. The lowest BCUT2D eigenvalue weighted by Crippen LogP contribution is -2.37. The molecule has 0 aromatic carbocycles. The quantitative estimate of drug-likeness (QED) is 0.769. The summed E-state index contributed by atoms with van der Waals surface area (Å²) in [6, 6.07) is 0. The molecule has 2 saturated heterocycles. The standard InChI is InChI=1S/C12H15ClN2O6/c1-12(2)20-7-6(4-16)19-10(8(7)21-12)15-3-5(13)9(17)14-11(15)18/h3,6-8,10,16H,4H2,1-2H3,(H,14,17,18). The lowest BCUT2D eigenvalue weighted by atomic mass is 10.1. The number of hydrogen-bond acceptors (Lipinski definition) is 6. The molecule has 8 nitrogen and oxygen atoms in total. The predicted molar refractivity (Wildman–Crippen MR) is 71.2 cm³/mol. The molecule has 2 fully saturated rings. The molecular formula is C12H15ClN2O6. The van der Waals surface area contributed by atoms with Crippen LogP contribution in [0.1, 0.15) is 20.1 Å². The molecule has 2 N–H and O–H groups in total. The van der Waals surface area contributed by atoms with Gasteiger partial charge in [0.1, 0.15) is 23.3 Å². The van der Waals surface area contributed by atoms with Gasteiger partial charge in [-0.1, -0.05) is 11.6 Å². The van der Waals surface area contributed by atoms with Gasteiger partial charge >= 0.3 is 5.69 Å². The molecule has 2 aliphatic heterocycles. The number of H-pyrrole nitrogens is 1. The van der Waals surface area contributed by atoms with Crippen molar-refractivity contribution in [3.63, 3.8) is 0 Å². The molecule has 1 aromatic rings. The lowest BCUT2D eigenvalue weighted by molar-refractivity contribution is -0.200. The van der Waals surface area contributed by atoms with Crippen molar-refractivity contribution in [3.8, 4) is 0 Å². The maximum absolute atomic E-state index is 11.9. The van der Waals surface area contributed by atoms with Crippen LogP contribution in [0.2, 0.25) is 5.02 Å². The fraction of sp³-hybridized carbons (Fsp3) is 0.667. The van der Waals surface area contributed by atoms with E-state index in [1.54, 1.807) is 13.8 Å². The first-order valence-electron chi connectivity index (χ1n) is 6.45. The summed E-state index contributed by atoms with van der Waals surface area (Å²) in [5, 5.41) is 9.25. The monoisotopic (exact) mass is 318 g/mol. The van der Waals surface area contributed by atoms with Gasteiger partial charge in [-0.2, -0.15) is 0 Å². The fourth-order valence-electron chi connectivity index (χ4n) is 2.68. The Morgan fingerprint density at radius 3 is 2.71 bits per heavy atom. The first-order valence-corrected chi connectivity index (χ1v) is 6.83. The highest BCUT2D eigenvalue weighted by Crippen LogP contribution is 2.42. The number of aromatic nitrogens is 2. The predicted octanol–water partition coefficient (Wildman–Crippen LogP) is -0.400. The van der Waals surface area contributed by atoms with Crippen molar-refractivity contribution in [2.24, 2.45) is 0 Å². The van der Waals surface area contributed by atoms with Gasteiger partial charge in [0.05, 0.1) is 6.61 Å². The molecule has 9 heteroatoms. The Bertz CT molecular complexity index is 668. The Morgan fingerprint density at radius 2 is 2.05 bits per heavy atom. The first kappa shape index (κ1) is 14.7. The molecule has 4 atom stereocenters. The summed E-state index contributed by atoms with van der Waals surface area (Å²) in [4.78, 5) is 25.4. The van der Waals surface area contributed by atoms with Crippen molar-refractivity contribution in [2.75, 3.05) is 6.61 Å². The zero-order chi connectivity index (χ0) is 15.4. The Balaban J connectivity index is 2.01. The molecule has 0 aliphatic carbocycles. The van der Waals surface area contributed by atoms with Crippen molar-refractivity contribution in [2.45, 2.75) is 44.2 Å². The second-order valence-corrected chi connectivity index (χ2v) is 5.86. The maximum Gasteiger partial charge on any atom is 0.330 e. The summed E-state index contributed by atoms with van der Waals surface area (Å²) in [5.41, 5.74) is -1.34. The second kappa shape index (κ2) is 4.92. The second-order valence-electron chi connectivity index (χ2n) is 5.46. The van der Waals surface area contributed by atoms with Crippen molar-refractivity contribution in [3.05, 3.63) is 32.1 Å². The third-order valence-electron chi connectivity index (χ3n) is 3.50. The number of fused-ring (bicyclic) bond motifs is 1. The van der Waals surface area contributed by atoms with Crippen LogP contribution < -0.4 is 11.2 Å². The lowest BCUT2D eigenvalue weighted by Gasteiger charge is -2.24. The Morgan fingerprint density at radius 1 is 1.38 bits per heavy atom. The van der Waals surface area contributed by atoms with Gasteiger partial charge in [0.15, 0.2) is 12.0 Å². The van der Waals surface area contributed by atoms with E-state index < -0.39 is 41.6 Å². The van der Waals surface area contributed by atoms with Crippen LogP contribution >= 0.6 is 11.6 Å². The van der Waals surface area contributed by atoms with Gasteiger partial charge in [0.2, 0.25) is 0 Å². The zero-order valence-electron chi connectivity index (χ0n) is 11.4. The van der Waals surface area contributed by atoms with Crippen LogP contribution in [0.3, 0.4) is 0 Å². The van der Waals surface area contributed by atoms with Crippen molar-refractivity contribution in [1.29, 1.82) is 0 Å². The fourth-order valence-corrected chi connectivity index (χ4v) is 2.83. The zero-order valence-corrected chi connectivity index (χ0v) is 12.2. The normalized spacial score (nSPS) is 34.1. The van der Waals surface area contributed by atoms with Gasteiger partial charge in [0.25, 0.3) is 5.56 Å². The molecule has 116 valence electrons. The summed E-state index contributed by atoms with van der Waals surface area (Å²) in [5.74, 6) is -0.847. The largest absolute Gasteiger partial charge is 0.394 e. The van der Waals surface area contributed by atoms with E-state index in [4.69, 9.17) is 25.8 Å². The van der Waals surface area contributed by atoms with Crippen LogP contribution in [0.4, 0.5) is 0 Å². The number of ether oxygens (including phenoxy) is 3. The summed E-state index contributed by atoms with van der Waals surface area (Å²) in [6.07, 6.45) is -1.36. The molecular weight excluding hydrogens is 304 g/mol. The van der Waals surface area contributed by atoms with Crippen molar-refractivity contribution < 1.29 is 19.3 Å². The molecule has 0 radical (unpaired) electrons. The first-order chi connectivity index (χ1) is 9.82. The highest BCUT2D eigenvalue weighted by atomic mass is 35.5. The Hall–Kier alpha value is -1.19. The molecule has 2 aliphatic rings. The number of halogens is 1. The smallest absolute Gasteiger partial charge is 0.330 e. The molecule has 3 heterocycles.